The summed E-state index contributed by atoms with van der Waals surface area (Å²) in [5.74, 6) is 0. The summed E-state index contributed by atoms with van der Waals surface area (Å²) >= 11 is 0. The highest BCUT2D eigenvalue weighted by molar-refractivity contribution is 7.90. The van der Waals surface area contributed by atoms with Crippen molar-refractivity contribution < 1.29 is 8.42 Å². The van der Waals surface area contributed by atoms with Gasteiger partial charge in [-0.05, 0) is 47.2 Å². The lowest BCUT2D eigenvalue weighted by Crippen LogP contribution is -1.98. The van der Waals surface area contributed by atoms with Crippen molar-refractivity contribution >= 4 is 9.84 Å². The Morgan fingerprint density at radius 2 is 1.64 bits per heavy atom. The van der Waals surface area contributed by atoms with Crippen LogP contribution in [-0.4, -0.2) is 14.7 Å². The molecule has 0 bridgehead atoms. The number of hydrogen-bond acceptors (Lipinski definition) is 2. The van der Waals surface area contributed by atoms with Gasteiger partial charge in [0.25, 0.3) is 0 Å². The first kappa shape index (κ1) is 16.8. The standard InChI is InChI=1S/C19H24O2S/c1-4-7-15-11-12-16(8-5-2)19(13-15)17-9-6-10-18(14-17)22(3,20)21/h6,9-14H,4-5,7-8H2,1-3H3. The molecule has 0 amide bonds. The molecule has 0 radical (unpaired) electrons. The predicted octanol–water partition coefficient (Wildman–Crippen LogP) is 4.66. The Labute approximate surface area is 134 Å². The summed E-state index contributed by atoms with van der Waals surface area (Å²) in [7, 11) is -3.18. The van der Waals surface area contributed by atoms with E-state index in [-0.39, 0.29) is 0 Å². The minimum Gasteiger partial charge on any atom is -0.224 e. The van der Waals surface area contributed by atoms with Crippen LogP contribution in [-0.2, 0) is 22.7 Å². The summed E-state index contributed by atoms with van der Waals surface area (Å²) in [6, 6.07) is 13.9. The molecule has 0 heterocycles. The molecule has 3 heteroatoms. The quantitative estimate of drug-likeness (QED) is 0.776. The third-order valence-electron chi connectivity index (χ3n) is 3.81. The van der Waals surface area contributed by atoms with E-state index >= 15 is 0 Å². The Bertz CT molecular complexity index is 746. The molecular formula is C19H24O2S. The largest absolute Gasteiger partial charge is 0.224 e. The molecule has 0 aliphatic heterocycles. The van der Waals surface area contributed by atoms with Gasteiger partial charge in [0.2, 0.25) is 0 Å². The van der Waals surface area contributed by atoms with Gasteiger partial charge in [0, 0.05) is 6.26 Å². The summed E-state index contributed by atoms with van der Waals surface area (Å²) < 4.78 is 23.6. The molecule has 118 valence electrons. The fourth-order valence-corrected chi connectivity index (χ4v) is 3.38. The maximum atomic E-state index is 11.8. The molecule has 0 atom stereocenters. The average molecular weight is 316 g/mol. The smallest absolute Gasteiger partial charge is 0.175 e. The van der Waals surface area contributed by atoms with Gasteiger partial charge < -0.3 is 0 Å². The van der Waals surface area contributed by atoms with E-state index in [1.807, 2.05) is 12.1 Å². The average Bonchev–Trinajstić information content (AvgIpc) is 2.48. The highest BCUT2D eigenvalue weighted by Gasteiger charge is 2.11. The molecule has 0 spiro atoms. The fourth-order valence-electron chi connectivity index (χ4n) is 2.72. The summed E-state index contributed by atoms with van der Waals surface area (Å²) in [6.45, 7) is 4.33. The lowest BCUT2D eigenvalue weighted by molar-refractivity contribution is 0.602. The summed E-state index contributed by atoms with van der Waals surface area (Å²) in [5.41, 5.74) is 4.75. The van der Waals surface area contributed by atoms with Crippen LogP contribution in [0.4, 0.5) is 0 Å². The van der Waals surface area contributed by atoms with E-state index in [1.165, 1.54) is 22.9 Å². The fraction of sp³-hybridized carbons (Fsp3) is 0.368. The number of hydrogen-bond donors (Lipinski definition) is 0. The zero-order valence-corrected chi connectivity index (χ0v) is 14.4. The second-order valence-corrected chi connectivity index (χ2v) is 7.81. The minimum atomic E-state index is -3.18. The topological polar surface area (TPSA) is 34.1 Å². The van der Waals surface area contributed by atoms with Crippen LogP contribution in [0.5, 0.6) is 0 Å². The maximum Gasteiger partial charge on any atom is 0.175 e. The van der Waals surface area contributed by atoms with E-state index in [0.717, 1.165) is 31.2 Å². The van der Waals surface area contributed by atoms with Crippen LogP contribution in [0, 0.1) is 0 Å². The van der Waals surface area contributed by atoms with Crippen LogP contribution in [0.15, 0.2) is 47.4 Å². The first-order valence-corrected chi connectivity index (χ1v) is 9.77. The summed E-state index contributed by atoms with van der Waals surface area (Å²) in [6.07, 6.45) is 5.49. The van der Waals surface area contributed by atoms with E-state index in [1.54, 1.807) is 12.1 Å². The van der Waals surface area contributed by atoms with Crippen molar-refractivity contribution in [1.29, 1.82) is 0 Å². The zero-order chi connectivity index (χ0) is 16.2. The number of sulfone groups is 1. The van der Waals surface area contributed by atoms with Crippen molar-refractivity contribution in [2.24, 2.45) is 0 Å². The van der Waals surface area contributed by atoms with Crippen molar-refractivity contribution in [1.82, 2.24) is 0 Å². The molecule has 0 fully saturated rings. The highest BCUT2D eigenvalue weighted by Crippen LogP contribution is 2.28. The predicted molar refractivity (Wildman–Crippen MR) is 93.0 cm³/mol. The van der Waals surface area contributed by atoms with Gasteiger partial charge in [-0.25, -0.2) is 8.42 Å². The van der Waals surface area contributed by atoms with Crippen molar-refractivity contribution in [3.63, 3.8) is 0 Å². The van der Waals surface area contributed by atoms with Gasteiger partial charge in [-0.2, -0.15) is 0 Å². The molecule has 2 rings (SSSR count). The van der Waals surface area contributed by atoms with Gasteiger partial charge >= 0.3 is 0 Å². The Balaban J connectivity index is 2.56. The number of benzene rings is 2. The number of rotatable bonds is 6. The van der Waals surface area contributed by atoms with Gasteiger partial charge in [-0.1, -0.05) is 57.0 Å². The van der Waals surface area contributed by atoms with E-state index in [4.69, 9.17) is 0 Å². The Hall–Kier alpha value is -1.61. The second kappa shape index (κ2) is 7.10. The molecule has 0 unspecified atom stereocenters. The highest BCUT2D eigenvalue weighted by atomic mass is 32.2. The normalized spacial score (nSPS) is 11.6. The molecule has 2 nitrogen and oxygen atoms in total. The third-order valence-corrected chi connectivity index (χ3v) is 4.92. The van der Waals surface area contributed by atoms with Crippen LogP contribution < -0.4 is 0 Å². The van der Waals surface area contributed by atoms with Crippen molar-refractivity contribution in [3.8, 4) is 11.1 Å². The molecule has 0 saturated heterocycles. The van der Waals surface area contributed by atoms with Crippen molar-refractivity contribution in [2.45, 2.75) is 44.4 Å². The monoisotopic (exact) mass is 316 g/mol. The van der Waals surface area contributed by atoms with Crippen molar-refractivity contribution in [3.05, 3.63) is 53.6 Å². The lowest BCUT2D eigenvalue weighted by Gasteiger charge is -2.12. The van der Waals surface area contributed by atoms with Crippen LogP contribution in [0.2, 0.25) is 0 Å². The Kier molecular flexibility index (Phi) is 5.41. The summed E-state index contributed by atoms with van der Waals surface area (Å²) in [4.78, 5) is 0.383. The first-order valence-electron chi connectivity index (χ1n) is 7.88. The number of aryl methyl sites for hydroxylation is 2. The first-order chi connectivity index (χ1) is 10.5. The summed E-state index contributed by atoms with van der Waals surface area (Å²) in [5, 5.41) is 0. The third kappa shape index (κ3) is 3.98. The zero-order valence-electron chi connectivity index (χ0n) is 13.6. The van der Waals surface area contributed by atoms with Gasteiger partial charge in [0.15, 0.2) is 9.84 Å². The Morgan fingerprint density at radius 3 is 2.27 bits per heavy atom. The van der Waals surface area contributed by atoms with E-state index in [2.05, 4.69) is 32.0 Å². The lowest BCUT2D eigenvalue weighted by atomic mass is 9.94. The van der Waals surface area contributed by atoms with E-state index < -0.39 is 9.84 Å². The molecule has 2 aromatic rings. The van der Waals surface area contributed by atoms with Gasteiger partial charge in [0.05, 0.1) is 4.90 Å². The second-order valence-electron chi connectivity index (χ2n) is 5.79. The van der Waals surface area contributed by atoms with Crippen LogP contribution in [0.1, 0.15) is 37.8 Å². The molecule has 0 aromatic heterocycles. The molecule has 0 aliphatic rings. The maximum absolute atomic E-state index is 11.8. The van der Waals surface area contributed by atoms with Crippen LogP contribution in [0.3, 0.4) is 0 Å². The molecule has 22 heavy (non-hydrogen) atoms. The Morgan fingerprint density at radius 1 is 0.909 bits per heavy atom. The molecule has 0 N–H and O–H groups in total. The van der Waals surface area contributed by atoms with Gasteiger partial charge in [-0.3, -0.25) is 0 Å². The van der Waals surface area contributed by atoms with E-state index in [0.29, 0.717) is 4.90 Å². The van der Waals surface area contributed by atoms with E-state index in [9.17, 15) is 8.42 Å². The van der Waals surface area contributed by atoms with Crippen LogP contribution in [0.25, 0.3) is 11.1 Å². The SMILES string of the molecule is CCCc1ccc(CCC)c(-c2cccc(S(C)(=O)=O)c2)c1. The van der Waals surface area contributed by atoms with Gasteiger partial charge in [0.1, 0.15) is 0 Å². The molecular weight excluding hydrogens is 292 g/mol. The molecule has 0 saturated carbocycles. The molecule has 0 aliphatic carbocycles. The van der Waals surface area contributed by atoms with Crippen LogP contribution >= 0.6 is 0 Å². The van der Waals surface area contributed by atoms with Gasteiger partial charge in [-0.15, -0.1) is 0 Å². The molecule has 2 aromatic carbocycles. The minimum absolute atomic E-state index is 0.383. The van der Waals surface area contributed by atoms with Crippen molar-refractivity contribution in [2.75, 3.05) is 6.26 Å².